The topological polar surface area (TPSA) is 41.6 Å². The molecule has 2 fully saturated rings. The van der Waals surface area contributed by atoms with E-state index in [9.17, 15) is 4.79 Å². The van der Waals surface area contributed by atoms with Crippen LogP contribution in [-0.2, 0) is 9.53 Å². The lowest BCUT2D eigenvalue weighted by Crippen LogP contribution is -2.42. The first-order chi connectivity index (χ1) is 8.66. The molecule has 4 nitrogen and oxygen atoms in total. The van der Waals surface area contributed by atoms with E-state index >= 15 is 0 Å². The van der Waals surface area contributed by atoms with Crippen molar-refractivity contribution in [2.45, 2.75) is 51.7 Å². The Hall–Kier alpha value is -0.610. The van der Waals surface area contributed by atoms with Gasteiger partial charge in [-0.2, -0.15) is 0 Å². The summed E-state index contributed by atoms with van der Waals surface area (Å²) in [5.41, 5.74) is 0. The van der Waals surface area contributed by atoms with E-state index in [0.29, 0.717) is 12.0 Å². The molecule has 2 aliphatic rings. The number of nitrogens with zero attached hydrogens (tertiary/aromatic N) is 1. The highest BCUT2D eigenvalue weighted by Crippen LogP contribution is 2.29. The predicted molar refractivity (Wildman–Crippen MR) is 71.4 cm³/mol. The van der Waals surface area contributed by atoms with Gasteiger partial charge in [-0.3, -0.25) is 4.79 Å². The van der Waals surface area contributed by atoms with Crippen LogP contribution in [0.5, 0.6) is 0 Å². The van der Waals surface area contributed by atoms with Crippen LogP contribution in [0.15, 0.2) is 0 Å². The minimum atomic E-state index is 0.133. The maximum absolute atomic E-state index is 12.2. The third-order valence-electron chi connectivity index (χ3n) is 3.76. The van der Waals surface area contributed by atoms with E-state index in [-0.39, 0.29) is 18.6 Å². The molecule has 0 bridgehead atoms. The minimum absolute atomic E-state index is 0.133. The van der Waals surface area contributed by atoms with Crippen LogP contribution in [0.4, 0.5) is 0 Å². The van der Waals surface area contributed by atoms with Gasteiger partial charge in [0.25, 0.3) is 0 Å². The Morgan fingerprint density at radius 3 is 2.50 bits per heavy atom. The van der Waals surface area contributed by atoms with E-state index < -0.39 is 0 Å². The summed E-state index contributed by atoms with van der Waals surface area (Å²) >= 11 is 0. The normalized spacial score (nSPS) is 21.3. The molecule has 0 atom stereocenters. The molecule has 1 N–H and O–H groups in total. The van der Waals surface area contributed by atoms with E-state index in [0.717, 1.165) is 19.6 Å². The van der Waals surface area contributed by atoms with E-state index in [1.807, 2.05) is 13.8 Å². The highest BCUT2D eigenvalue weighted by atomic mass is 16.5. The van der Waals surface area contributed by atoms with Crippen molar-refractivity contribution in [1.29, 1.82) is 0 Å². The fraction of sp³-hybridized carbons (Fsp3) is 0.929. The van der Waals surface area contributed by atoms with Crippen molar-refractivity contribution in [3.63, 3.8) is 0 Å². The number of hydrogen-bond donors (Lipinski definition) is 1. The largest absolute Gasteiger partial charge is 0.369 e. The summed E-state index contributed by atoms with van der Waals surface area (Å²) < 4.78 is 5.45. The van der Waals surface area contributed by atoms with E-state index in [4.69, 9.17) is 4.74 Å². The minimum Gasteiger partial charge on any atom is -0.369 e. The van der Waals surface area contributed by atoms with Crippen LogP contribution in [0.2, 0.25) is 0 Å². The number of hydrogen-bond acceptors (Lipinski definition) is 3. The molecule has 1 aliphatic heterocycles. The van der Waals surface area contributed by atoms with Crippen molar-refractivity contribution < 1.29 is 9.53 Å². The zero-order valence-electron chi connectivity index (χ0n) is 11.7. The second kappa shape index (κ2) is 6.53. The average Bonchev–Trinajstić information content (AvgIpc) is 3.18. The van der Waals surface area contributed by atoms with Crippen molar-refractivity contribution in [2.75, 3.05) is 26.2 Å². The summed E-state index contributed by atoms with van der Waals surface area (Å²) in [6, 6.07) is 0.503. The van der Waals surface area contributed by atoms with Gasteiger partial charge in [0.15, 0.2) is 0 Å². The molecule has 1 saturated heterocycles. The first kappa shape index (κ1) is 13.8. The lowest BCUT2D eigenvalue weighted by molar-refractivity contribution is -0.139. The van der Waals surface area contributed by atoms with Gasteiger partial charge in [-0.25, -0.2) is 0 Å². The van der Waals surface area contributed by atoms with Crippen LogP contribution < -0.4 is 5.32 Å². The van der Waals surface area contributed by atoms with Crippen LogP contribution in [0.1, 0.15) is 39.5 Å². The molecule has 0 aromatic heterocycles. The summed E-state index contributed by atoms with van der Waals surface area (Å²) in [5.74, 6) is 0.861. The summed E-state index contributed by atoms with van der Waals surface area (Å²) in [7, 11) is 0. The first-order valence-electron chi connectivity index (χ1n) is 7.28. The maximum atomic E-state index is 12.2. The lowest BCUT2D eigenvalue weighted by atomic mass is 9.97. The summed E-state index contributed by atoms with van der Waals surface area (Å²) in [4.78, 5) is 14.3. The molecule has 0 aromatic carbocycles. The second-order valence-electron chi connectivity index (χ2n) is 5.83. The molecule has 0 aromatic rings. The molecule has 18 heavy (non-hydrogen) atoms. The number of amides is 1. The Morgan fingerprint density at radius 1 is 1.28 bits per heavy atom. The molecule has 1 amide bonds. The van der Waals surface area contributed by atoms with Crippen molar-refractivity contribution in [1.82, 2.24) is 10.2 Å². The lowest BCUT2D eigenvalue weighted by Gasteiger charge is -2.30. The van der Waals surface area contributed by atoms with Gasteiger partial charge in [-0.1, -0.05) is 0 Å². The molecule has 1 aliphatic carbocycles. The van der Waals surface area contributed by atoms with Gasteiger partial charge in [-0.05, 0) is 58.5 Å². The molecule has 2 rings (SSSR count). The van der Waals surface area contributed by atoms with Gasteiger partial charge >= 0.3 is 0 Å². The van der Waals surface area contributed by atoms with Gasteiger partial charge in [0.2, 0.25) is 5.91 Å². The van der Waals surface area contributed by atoms with E-state index in [2.05, 4.69) is 10.2 Å². The average molecular weight is 254 g/mol. The summed E-state index contributed by atoms with van der Waals surface area (Å²) in [6.45, 7) is 7.33. The maximum Gasteiger partial charge on any atom is 0.248 e. The van der Waals surface area contributed by atoms with Crippen LogP contribution in [0.25, 0.3) is 0 Å². The van der Waals surface area contributed by atoms with Crippen LogP contribution in [0, 0.1) is 5.92 Å². The SMILES string of the molecule is CC(C)OCC(=O)N(CC1CCNCC1)C1CC1. The monoisotopic (exact) mass is 254 g/mol. The third kappa shape index (κ3) is 4.25. The number of carbonyl (C=O) groups is 1. The van der Waals surface area contributed by atoms with Crippen LogP contribution >= 0.6 is 0 Å². The van der Waals surface area contributed by atoms with Crippen molar-refractivity contribution >= 4 is 5.91 Å². The molecule has 0 unspecified atom stereocenters. The Labute approximate surface area is 110 Å². The number of ether oxygens (including phenoxy) is 1. The summed E-state index contributed by atoms with van der Waals surface area (Å²) in [6.07, 6.45) is 4.88. The van der Waals surface area contributed by atoms with Crippen molar-refractivity contribution in [3.8, 4) is 0 Å². The van der Waals surface area contributed by atoms with Gasteiger partial charge in [0, 0.05) is 12.6 Å². The number of rotatable bonds is 6. The Bertz CT molecular complexity index is 271. The molecule has 4 heteroatoms. The molecular weight excluding hydrogens is 228 g/mol. The molecule has 104 valence electrons. The Balaban J connectivity index is 1.81. The fourth-order valence-electron chi connectivity index (χ4n) is 2.50. The standard InChI is InChI=1S/C14H26N2O2/c1-11(2)18-10-14(17)16(13-3-4-13)9-12-5-7-15-8-6-12/h11-13,15H,3-10H2,1-2H3. The van der Waals surface area contributed by atoms with Gasteiger partial charge in [0.05, 0.1) is 6.10 Å². The summed E-state index contributed by atoms with van der Waals surface area (Å²) in [5, 5.41) is 3.37. The predicted octanol–water partition coefficient (Wildman–Crippen LogP) is 1.40. The third-order valence-corrected chi connectivity index (χ3v) is 3.76. The van der Waals surface area contributed by atoms with Gasteiger partial charge in [-0.15, -0.1) is 0 Å². The van der Waals surface area contributed by atoms with Gasteiger partial charge in [0.1, 0.15) is 6.61 Å². The number of carbonyl (C=O) groups excluding carboxylic acids is 1. The van der Waals surface area contributed by atoms with E-state index in [1.165, 1.54) is 25.7 Å². The molecule has 0 radical (unpaired) electrons. The van der Waals surface area contributed by atoms with Crippen molar-refractivity contribution in [2.24, 2.45) is 5.92 Å². The highest BCUT2D eigenvalue weighted by Gasteiger charge is 2.34. The molecular formula is C14H26N2O2. The van der Waals surface area contributed by atoms with Crippen LogP contribution in [-0.4, -0.2) is 49.2 Å². The zero-order chi connectivity index (χ0) is 13.0. The molecule has 1 saturated carbocycles. The van der Waals surface area contributed by atoms with E-state index in [1.54, 1.807) is 0 Å². The van der Waals surface area contributed by atoms with Gasteiger partial charge < -0.3 is 15.0 Å². The Morgan fingerprint density at radius 2 is 1.94 bits per heavy atom. The Kier molecular flexibility index (Phi) is 5.01. The molecule has 0 spiro atoms. The van der Waals surface area contributed by atoms with Crippen LogP contribution in [0.3, 0.4) is 0 Å². The number of piperidine rings is 1. The van der Waals surface area contributed by atoms with Crippen molar-refractivity contribution in [3.05, 3.63) is 0 Å². The fourth-order valence-corrected chi connectivity index (χ4v) is 2.50. The smallest absolute Gasteiger partial charge is 0.248 e. The first-order valence-corrected chi connectivity index (χ1v) is 7.28. The second-order valence-corrected chi connectivity index (χ2v) is 5.83. The zero-order valence-corrected chi connectivity index (χ0v) is 11.7. The highest BCUT2D eigenvalue weighted by molar-refractivity contribution is 5.78. The number of nitrogens with one attached hydrogen (secondary N) is 1. The molecule has 1 heterocycles. The quantitative estimate of drug-likeness (QED) is 0.779.